The Morgan fingerprint density at radius 3 is 2.68 bits per heavy atom. The largest absolute Gasteiger partial charge is 0.263 e. The molecule has 0 aliphatic heterocycles. The van der Waals surface area contributed by atoms with Gasteiger partial charge in [-0.2, -0.15) is 4.31 Å². The summed E-state index contributed by atoms with van der Waals surface area (Å²) >= 11 is 4.57. The van der Waals surface area contributed by atoms with Crippen molar-refractivity contribution in [2.24, 2.45) is 7.05 Å². The summed E-state index contributed by atoms with van der Waals surface area (Å²) in [6, 6.07) is 0. The molecule has 0 radical (unpaired) electrons. The Labute approximate surface area is 123 Å². The van der Waals surface area contributed by atoms with Crippen LogP contribution in [-0.2, 0) is 23.6 Å². The van der Waals surface area contributed by atoms with E-state index in [1.807, 2.05) is 6.92 Å². The predicted octanol–water partition coefficient (Wildman–Crippen LogP) is 1.16. The molecule has 2 heterocycles. The lowest BCUT2D eigenvalue weighted by Crippen LogP contribution is -2.28. The average Bonchev–Trinajstić information content (AvgIpc) is 2.85. The van der Waals surface area contributed by atoms with Gasteiger partial charge in [0.05, 0.1) is 5.01 Å². The lowest BCUT2D eigenvalue weighted by Gasteiger charge is -2.15. The Morgan fingerprint density at radius 2 is 2.21 bits per heavy atom. The lowest BCUT2D eigenvalue weighted by atomic mass is 10.5. The van der Waals surface area contributed by atoms with Crippen molar-refractivity contribution >= 4 is 37.3 Å². The second-order valence-corrected chi connectivity index (χ2v) is 7.95. The van der Waals surface area contributed by atoms with E-state index in [-0.39, 0.29) is 16.2 Å². The standard InChI is InChI=1S/C9H12BrN5O2S2/c1-6-11-4-7(18-6)5-14(2)19(16,17)9-8(10)12-13-15(9)3/h4H,5H2,1-3H3. The maximum atomic E-state index is 12.4. The van der Waals surface area contributed by atoms with Gasteiger partial charge in [0, 0.05) is 31.7 Å². The van der Waals surface area contributed by atoms with Crippen LogP contribution in [-0.4, -0.2) is 39.7 Å². The molecule has 104 valence electrons. The fourth-order valence-corrected chi connectivity index (χ4v) is 4.63. The second-order valence-electron chi connectivity index (χ2n) is 3.92. The maximum Gasteiger partial charge on any atom is 0.263 e. The Hall–Kier alpha value is -0.840. The van der Waals surface area contributed by atoms with Crippen LogP contribution in [0, 0.1) is 6.92 Å². The van der Waals surface area contributed by atoms with E-state index in [1.165, 1.54) is 34.4 Å². The van der Waals surface area contributed by atoms with Crippen LogP contribution in [0.25, 0.3) is 0 Å². The molecule has 19 heavy (non-hydrogen) atoms. The fraction of sp³-hybridized carbons (Fsp3) is 0.444. The first kappa shape index (κ1) is 14.6. The molecule has 2 aromatic heterocycles. The average molecular weight is 366 g/mol. The van der Waals surface area contributed by atoms with E-state index in [4.69, 9.17) is 0 Å². The number of hydrogen-bond acceptors (Lipinski definition) is 6. The Morgan fingerprint density at radius 1 is 1.53 bits per heavy atom. The molecule has 0 saturated heterocycles. The topological polar surface area (TPSA) is 81.0 Å². The molecule has 2 aromatic rings. The Kier molecular flexibility index (Phi) is 4.04. The summed E-state index contributed by atoms with van der Waals surface area (Å²) in [6.45, 7) is 2.15. The highest BCUT2D eigenvalue weighted by Crippen LogP contribution is 2.23. The summed E-state index contributed by atoms with van der Waals surface area (Å²) in [6.07, 6.45) is 1.68. The molecule has 0 N–H and O–H groups in total. The number of thiazole rings is 1. The van der Waals surface area contributed by atoms with Gasteiger partial charge in [-0.3, -0.25) is 0 Å². The molecular weight excluding hydrogens is 354 g/mol. The van der Waals surface area contributed by atoms with Gasteiger partial charge in [0.1, 0.15) is 0 Å². The summed E-state index contributed by atoms with van der Waals surface area (Å²) in [5.41, 5.74) is 0. The molecule has 7 nitrogen and oxygen atoms in total. The van der Waals surface area contributed by atoms with Gasteiger partial charge in [0.2, 0.25) is 5.03 Å². The molecular formula is C9H12BrN5O2S2. The number of aromatic nitrogens is 4. The Bertz CT molecular complexity index is 674. The third-order valence-electron chi connectivity index (χ3n) is 2.44. The van der Waals surface area contributed by atoms with Crippen molar-refractivity contribution in [3.63, 3.8) is 0 Å². The minimum Gasteiger partial charge on any atom is -0.250 e. The zero-order valence-electron chi connectivity index (χ0n) is 10.5. The summed E-state index contributed by atoms with van der Waals surface area (Å²) in [7, 11) is -0.588. The molecule has 0 saturated carbocycles. The number of aryl methyl sites for hydroxylation is 2. The van der Waals surface area contributed by atoms with Crippen LogP contribution in [0.2, 0.25) is 0 Å². The minimum atomic E-state index is -3.64. The van der Waals surface area contributed by atoms with E-state index < -0.39 is 10.0 Å². The number of halogens is 1. The maximum absolute atomic E-state index is 12.4. The van der Waals surface area contributed by atoms with Gasteiger partial charge in [0.25, 0.3) is 10.0 Å². The van der Waals surface area contributed by atoms with Crippen LogP contribution >= 0.6 is 27.3 Å². The van der Waals surface area contributed by atoms with Gasteiger partial charge in [-0.25, -0.2) is 18.1 Å². The van der Waals surface area contributed by atoms with E-state index in [0.717, 1.165) is 9.88 Å². The molecule has 10 heteroatoms. The van der Waals surface area contributed by atoms with Crippen molar-refractivity contribution in [2.45, 2.75) is 18.5 Å². The van der Waals surface area contributed by atoms with Crippen LogP contribution in [0.5, 0.6) is 0 Å². The molecule has 0 aliphatic carbocycles. The van der Waals surface area contributed by atoms with E-state index >= 15 is 0 Å². The van der Waals surface area contributed by atoms with Crippen LogP contribution in [0.4, 0.5) is 0 Å². The number of nitrogens with zero attached hydrogens (tertiary/aromatic N) is 5. The quantitative estimate of drug-likeness (QED) is 0.811. The molecule has 0 spiro atoms. The predicted molar refractivity (Wildman–Crippen MR) is 74.2 cm³/mol. The third-order valence-corrected chi connectivity index (χ3v) is 6.03. The molecule has 0 amide bonds. The highest BCUT2D eigenvalue weighted by Gasteiger charge is 2.28. The summed E-state index contributed by atoms with van der Waals surface area (Å²) in [5.74, 6) is 0. The highest BCUT2D eigenvalue weighted by molar-refractivity contribution is 9.10. The minimum absolute atomic E-state index is 0.0382. The fourth-order valence-electron chi connectivity index (χ4n) is 1.53. The van der Waals surface area contributed by atoms with Crippen LogP contribution in [0.1, 0.15) is 9.88 Å². The van der Waals surface area contributed by atoms with Crippen LogP contribution < -0.4 is 0 Å². The van der Waals surface area contributed by atoms with Gasteiger partial charge in [0.15, 0.2) is 4.60 Å². The van der Waals surface area contributed by atoms with E-state index in [0.29, 0.717) is 0 Å². The van der Waals surface area contributed by atoms with E-state index in [1.54, 1.807) is 6.20 Å². The van der Waals surface area contributed by atoms with Crippen molar-refractivity contribution in [3.05, 3.63) is 20.7 Å². The van der Waals surface area contributed by atoms with E-state index in [2.05, 4.69) is 31.2 Å². The zero-order valence-corrected chi connectivity index (χ0v) is 13.8. The molecule has 0 aromatic carbocycles. The van der Waals surface area contributed by atoms with Crippen molar-refractivity contribution in [3.8, 4) is 0 Å². The van der Waals surface area contributed by atoms with Gasteiger partial charge in [-0.1, -0.05) is 5.21 Å². The monoisotopic (exact) mass is 365 g/mol. The molecule has 0 aliphatic rings. The zero-order chi connectivity index (χ0) is 14.2. The van der Waals surface area contributed by atoms with E-state index in [9.17, 15) is 8.42 Å². The van der Waals surface area contributed by atoms with Gasteiger partial charge < -0.3 is 0 Å². The molecule has 0 fully saturated rings. The summed E-state index contributed by atoms with van der Waals surface area (Å²) in [4.78, 5) is 4.99. The molecule has 0 atom stereocenters. The second kappa shape index (κ2) is 5.27. The summed E-state index contributed by atoms with van der Waals surface area (Å²) in [5, 5.41) is 8.32. The van der Waals surface area contributed by atoms with Gasteiger partial charge in [-0.05, 0) is 22.9 Å². The number of hydrogen-bond donors (Lipinski definition) is 0. The molecule has 0 bridgehead atoms. The Balaban J connectivity index is 2.30. The van der Waals surface area contributed by atoms with Gasteiger partial charge >= 0.3 is 0 Å². The van der Waals surface area contributed by atoms with Crippen molar-refractivity contribution in [1.29, 1.82) is 0 Å². The first-order valence-corrected chi connectivity index (χ1v) is 8.30. The smallest absolute Gasteiger partial charge is 0.250 e. The molecule has 0 unspecified atom stereocenters. The first-order valence-electron chi connectivity index (χ1n) is 5.25. The van der Waals surface area contributed by atoms with Crippen LogP contribution in [0.3, 0.4) is 0 Å². The summed E-state index contributed by atoms with van der Waals surface area (Å²) < 4.78 is 27.5. The SMILES string of the molecule is Cc1ncc(CN(C)S(=O)(=O)c2c(Br)nnn2C)s1. The van der Waals surface area contributed by atoms with Gasteiger partial charge in [-0.15, -0.1) is 16.4 Å². The van der Waals surface area contributed by atoms with Crippen molar-refractivity contribution in [1.82, 2.24) is 24.3 Å². The number of rotatable bonds is 4. The van der Waals surface area contributed by atoms with Crippen molar-refractivity contribution < 1.29 is 8.42 Å². The lowest BCUT2D eigenvalue weighted by molar-refractivity contribution is 0.459. The number of sulfonamides is 1. The highest BCUT2D eigenvalue weighted by atomic mass is 79.9. The van der Waals surface area contributed by atoms with Crippen LogP contribution in [0.15, 0.2) is 15.8 Å². The molecule has 2 rings (SSSR count). The first-order chi connectivity index (χ1) is 8.82. The third kappa shape index (κ3) is 2.86. The van der Waals surface area contributed by atoms with Crippen molar-refractivity contribution in [2.75, 3.05) is 7.05 Å². The normalized spacial score (nSPS) is 12.3.